The molecule has 0 atom stereocenters. The Morgan fingerprint density at radius 2 is 2.12 bits per heavy atom. The summed E-state index contributed by atoms with van der Waals surface area (Å²) in [6, 6.07) is 5.61. The van der Waals surface area contributed by atoms with E-state index in [2.05, 4.69) is 4.98 Å². The van der Waals surface area contributed by atoms with Crippen LogP contribution in [0.25, 0.3) is 10.9 Å². The van der Waals surface area contributed by atoms with Crippen molar-refractivity contribution in [2.24, 2.45) is 0 Å². The van der Waals surface area contributed by atoms with Crippen LogP contribution in [0.4, 0.5) is 5.69 Å². The molecule has 1 aromatic carbocycles. The molecule has 1 aliphatic heterocycles. The van der Waals surface area contributed by atoms with Crippen LogP contribution in [-0.4, -0.2) is 15.5 Å². The highest BCUT2D eigenvalue weighted by atomic mass is 32.2. The number of hydrogen-bond donors (Lipinski definition) is 1. The average Bonchev–Trinajstić information content (AvgIpc) is 2.49. The van der Waals surface area contributed by atoms with Crippen molar-refractivity contribution < 1.29 is 4.79 Å². The van der Waals surface area contributed by atoms with Crippen LogP contribution in [-0.2, 0) is 0 Å². The van der Waals surface area contributed by atoms with Gasteiger partial charge in [0.1, 0.15) is 0 Å². The molecular formula is C13H12N2OS. The molecule has 0 aliphatic carbocycles. The number of pyridine rings is 1. The average molecular weight is 244 g/mol. The van der Waals surface area contributed by atoms with E-state index in [0.717, 1.165) is 21.4 Å². The molecule has 3 rings (SSSR count). The van der Waals surface area contributed by atoms with Crippen LogP contribution in [0, 0.1) is 0 Å². The van der Waals surface area contributed by atoms with Crippen molar-refractivity contribution >= 4 is 34.1 Å². The number of nitrogens with two attached hydrogens (primary N) is 1. The number of anilines is 1. The maximum atomic E-state index is 12.2. The number of aromatic nitrogens is 1. The monoisotopic (exact) mass is 244 g/mol. The summed E-state index contributed by atoms with van der Waals surface area (Å²) >= 11 is 1.59. The van der Waals surface area contributed by atoms with E-state index in [4.69, 9.17) is 5.73 Å². The Morgan fingerprint density at radius 1 is 1.35 bits per heavy atom. The number of thioether (sulfide) groups is 1. The summed E-state index contributed by atoms with van der Waals surface area (Å²) in [5.41, 5.74) is 8.18. The minimum Gasteiger partial charge on any atom is -0.398 e. The SMILES string of the molecule is CC1(C)Sc2cc3c(N)ccnc3cc2C1=O. The van der Waals surface area contributed by atoms with E-state index < -0.39 is 0 Å². The van der Waals surface area contributed by atoms with Crippen molar-refractivity contribution in [2.45, 2.75) is 23.5 Å². The highest BCUT2D eigenvalue weighted by molar-refractivity contribution is 8.02. The van der Waals surface area contributed by atoms with Crippen molar-refractivity contribution in [2.75, 3.05) is 5.73 Å². The first-order chi connectivity index (χ1) is 7.99. The summed E-state index contributed by atoms with van der Waals surface area (Å²) in [4.78, 5) is 17.4. The number of carbonyl (C=O) groups is 1. The molecule has 0 saturated carbocycles. The molecule has 17 heavy (non-hydrogen) atoms. The number of carbonyl (C=O) groups excluding carboxylic acids is 1. The highest BCUT2D eigenvalue weighted by Gasteiger charge is 2.38. The van der Waals surface area contributed by atoms with Crippen molar-refractivity contribution in [3.05, 3.63) is 30.0 Å². The first-order valence-electron chi connectivity index (χ1n) is 5.41. The fraction of sp³-hybridized carbons (Fsp3) is 0.231. The number of rotatable bonds is 0. The fourth-order valence-electron chi connectivity index (χ4n) is 2.10. The number of nitrogens with zero attached hydrogens (tertiary/aromatic N) is 1. The van der Waals surface area contributed by atoms with Gasteiger partial charge in [0.05, 0.1) is 10.3 Å². The summed E-state index contributed by atoms with van der Waals surface area (Å²) in [5, 5.41) is 0.921. The molecule has 0 radical (unpaired) electrons. The van der Waals surface area contributed by atoms with Gasteiger partial charge in [-0.1, -0.05) is 0 Å². The first-order valence-corrected chi connectivity index (χ1v) is 6.23. The van der Waals surface area contributed by atoms with E-state index in [0.29, 0.717) is 5.69 Å². The lowest BCUT2D eigenvalue weighted by molar-refractivity contribution is 0.0961. The van der Waals surface area contributed by atoms with Gasteiger partial charge in [0.15, 0.2) is 5.78 Å². The van der Waals surface area contributed by atoms with E-state index >= 15 is 0 Å². The molecule has 0 amide bonds. The van der Waals surface area contributed by atoms with E-state index in [1.54, 1.807) is 24.0 Å². The minimum absolute atomic E-state index is 0.170. The third kappa shape index (κ3) is 1.44. The second-order valence-corrected chi connectivity index (χ2v) is 6.37. The Labute approximate surface area is 103 Å². The molecule has 0 spiro atoms. The molecule has 2 aromatic rings. The van der Waals surface area contributed by atoms with Gasteiger partial charge >= 0.3 is 0 Å². The molecule has 1 aromatic heterocycles. The predicted molar refractivity (Wildman–Crippen MR) is 70.4 cm³/mol. The minimum atomic E-state index is -0.380. The lowest BCUT2D eigenvalue weighted by atomic mass is 9.99. The summed E-state index contributed by atoms with van der Waals surface area (Å²) in [7, 11) is 0. The van der Waals surface area contributed by atoms with Gasteiger partial charge in [0.2, 0.25) is 0 Å². The lowest BCUT2D eigenvalue weighted by Gasteiger charge is -2.11. The molecule has 3 nitrogen and oxygen atoms in total. The Kier molecular flexibility index (Phi) is 2.01. The molecule has 0 fully saturated rings. The van der Waals surface area contributed by atoms with Crippen LogP contribution in [0.3, 0.4) is 0 Å². The Morgan fingerprint density at radius 3 is 2.88 bits per heavy atom. The van der Waals surface area contributed by atoms with Crippen LogP contribution < -0.4 is 5.73 Å². The molecule has 1 aliphatic rings. The number of Topliss-reactive ketones (excluding diaryl/α,β-unsaturated/α-hetero) is 1. The summed E-state index contributed by atoms with van der Waals surface area (Å²) in [6.07, 6.45) is 1.67. The summed E-state index contributed by atoms with van der Waals surface area (Å²) in [5.74, 6) is 0.170. The topological polar surface area (TPSA) is 56.0 Å². The second-order valence-electron chi connectivity index (χ2n) is 4.71. The lowest BCUT2D eigenvalue weighted by Crippen LogP contribution is -2.22. The van der Waals surface area contributed by atoms with Crippen LogP contribution >= 0.6 is 11.8 Å². The molecule has 0 saturated heterocycles. The smallest absolute Gasteiger partial charge is 0.179 e. The second kappa shape index (κ2) is 3.23. The third-order valence-electron chi connectivity index (χ3n) is 3.03. The van der Waals surface area contributed by atoms with Gasteiger partial charge in [-0.15, -0.1) is 11.8 Å². The Hall–Kier alpha value is -1.55. The summed E-state index contributed by atoms with van der Waals surface area (Å²) in [6.45, 7) is 3.89. The van der Waals surface area contributed by atoms with Crippen molar-refractivity contribution in [3.8, 4) is 0 Å². The Balaban J connectivity index is 2.33. The van der Waals surface area contributed by atoms with E-state index in [1.165, 1.54) is 0 Å². The van der Waals surface area contributed by atoms with Gasteiger partial charge in [-0.05, 0) is 32.0 Å². The maximum absolute atomic E-state index is 12.2. The van der Waals surface area contributed by atoms with Crippen molar-refractivity contribution in [3.63, 3.8) is 0 Å². The molecule has 0 unspecified atom stereocenters. The van der Waals surface area contributed by atoms with E-state index in [-0.39, 0.29) is 10.5 Å². The van der Waals surface area contributed by atoms with E-state index in [9.17, 15) is 4.79 Å². The number of hydrogen-bond acceptors (Lipinski definition) is 4. The maximum Gasteiger partial charge on any atom is 0.179 e. The number of benzene rings is 1. The van der Waals surface area contributed by atoms with Crippen LogP contribution in [0.2, 0.25) is 0 Å². The van der Waals surface area contributed by atoms with Crippen molar-refractivity contribution in [1.29, 1.82) is 0 Å². The van der Waals surface area contributed by atoms with Gasteiger partial charge in [-0.25, -0.2) is 0 Å². The number of ketones is 1. The van der Waals surface area contributed by atoms with Gasteiger partial charge in [-0.3, -0.25) is 9.78 Å². The standard InChI is InChI=1S/C13H12N2OS/c1-13(2)12(16)8-5-10-7(6-11(8)17-13)9(14)3-4-15-10/h3-6H,1-2H3,(H2,14,15). The van der Waals surface area contributed by atoms with E-state index in [1.807, 2.05) is 26.0 Å². The zero-order valence-electron chi connectivity index (χ0n) is 9.65. The highest BCUT2D eigenvalue weighted by Crippen LogP contribution is 2.46. The first kappa shape index (κ1) is 10.6. The Bertz CT molecular complexity index is 649. The predicted octanol–water partition coefficient (Wildman–Crippen LogP) is 2.88. The summed E-state index contributed by atoms with van der Waals surface area (Å²) < 4.78 is -0.380. The van der Waals surface area contributed by atoms with Crippen LogP contribution in [0.15, 0.2) is 29.3 Å². The van der Waals surface area contributed by atoms with Gasteiger partial charge in [0, 0.05) is 27.7 Å². The fourth-order valence-corrected chi connectivity index (χ4v) is 3.29. The van der Waals surface area contributed by atoms with Gasteiger partial charge in [0.25, 0.3) is 0 Å². The van der Waals surface area contributed by atoms with Gasteiger partial charge < -0.3 is 5.73 Å². The number of nitrogen functional groups attached to an aromatic ring is 1. The molecule has 2 heterocycles. The third-order valence-corrected chi connectivity index (χ3v) is 4.29. The zero-order chi connectivity index (χ0) is 12.2. The molecule has 0 bridgehead atoms. The largest absolute Gasteiger partial charge is 0.398 e. The van der Waals surface area contributed by atoms with Crippen LogP contribution in [0.5, 0.6) is 0 Å². The molecular weight excluding hydrogens is 232 g/mol. The molecule has 86 valence electrons. The van der Waals surface area contributed by atoms with Crippen LogP contribution in [0.1, 0.15) is 24.2 Å². The van der Waals surface area contributed by atoms with Gasteiger partial charge in [-0.2, -0.15) is 0 Å². The molecule has 2 N–H and O–H groups in total. The normalized spacial score (nSPS) is 17.4. The zero-order valence-corrected chi connectivity index (χ0v) is 10.5. The van der Waals surface area contributed by atoms with Crippen molar-refractivity contribution in [1.82, 2.24) is 4.98 Å². The quantitative estimate of drug-likeness (QED) is 0.774. The number of fused-ring (bicyclic) bond motifs is 2. The molecule has 4 heteroatoms.